The largest absolute Gasteiger partial charge is 0.390 e. The van der Waals surface area contributed by atoms with Crippen LogP contribution in [0.15, 0.2) is 0 Å². The second-order valence-electron chi connectivity index (χ2n) is 4.12. The van der Waals surface area contributed by atoms with Gasteiger partial charge in [0.05, 0.1) is 11.6 Å². The van der Waals surface area contributed by atoms with Crippen molar-refractivity contribution in [3.8, 4) is 0 Å². The first kappa shape index (κ1) is 13.0. The van der Waals surface area contributed by atoms with Gasteiger partial charge in [-0.3, -0.25) is 4.57 Å². The van der Waals surface area contributed by atoms with Crippen LogP contribution in [0.25, 0.3) is 0 Å². The van der Waals surface area contributed by atoms with Gasteiger partial charge < -0.3 is 9.79 Å². The Labute approximate surface area is 85.8 Å². The summed E-state index contributed by atoms with van der Waals surface area (Å²) in [6.07, 6.45) is -4.28. The van der Waals surface area contributed by atoms with Crippen LogP contribution in [0.3, 0.4) is 0 Å². The van der Waals surface area contributed by atoms with E-state index in [0.29, 0.717) is 12.8 Å². The summed E-state index contributed by atoms with van der Waals surface area (Å²) in [5, 5.41) is -1.86. The Morgan fingerprint density at radius 1 is 1.13 bits per heavy atom. The number of alkyl halides is 3. The zero-order chi connectivity index (χ0) is 11.7. The van der Waals surface area contributed by atoms with Crippen LogP contribution >= 0.6 is 7.60 Å². The lowest BCUT2D eigenvalue weighted by Crippen LogP contribution is -2.36. The summed E-state index contributed by atoms with van der Waals surface area (Å²) in [4.78, 5) is 18.1. The van der Waals surface area contributed by atoms with Crippen molar-refractivity contribution in [2.75, 3.05) is 0 Å². The van der Waals surface area contributed by atoms with Gasteiger partial charge in [0.25, 0.3) is 0 Å². The van der Waals surface area contributed by atoms with E-state index in [9.17, 15) is 17.7 Å². The Morgan fingerprint density at radius 3 is 1.93 bits per heavy atom. The molecule has 15 heavy (non-hydrogen) atoms. The standard InChI is InChI=1S/C8H14F3O3P/c9-8(10,11)6-7(15(12,13)14)4-2-1-3-5-7/h1-6H2,(H2,12,13,14). The fourth-order valence-corrected chi connectivity index (χ4v) is 3.44. The number of hydrogen-bond acceptors (Lipinski definition) is 1. The third-order valence-electron chi connectivity index (χ3n) is 2.93. The lowest BCUT2D eigenvalue weighted by atomic mass is 9.86. The van der Waals surface area contributed by atoms with Crippen molar-refractivity contribution in [1.82, 2.24) is 0 Å². The number of rotatable bonds is 2. The summed E-state index contributed by atoms with van der Waals surface area (Å²) in [7, 11) is -4.69. The van der Waals surface area contributed by atoms with Crippen molar-refractivity contribution in [3.63, 3.8) is 0 Å². The van der Waals surface area contributed by atoms with Crippen LogP contribution < -0.4 is 0 Å². The quantitative estimate of drug-likeness (QED) is 0.736. The van der Waals surface area contributed by atoms with Gasteiger partial charge in [-0.25, -0.2) is 0 Å². The van der Waals surface area contributed by atoms with Gasteiger partial charge in [-0.05, 0) is 12.8 Å². The summed E-state index contributed by atoms with van der Waals surface area (Å²) in [6, 6.07) is 0. The van der Waals surface area contributed by atoms with Crippen LogP contribution in [0.4, 0.5) is 13.2 Å². The molecular weight excluding hydrogens is 232 g/mol. The Bertz CT molecular complexity index is 265. The molecule has 1 aliphatic rings. The van der Waals surface area contributed by atoms with Crippen molar-refractivity contribution in [3.05, 3.63) is 0 Å². The van der Waals surface area contributed by atoms with Gasteiger partial charge in [0.15, 0.2) is 0 Å². The molecule has 90 valence electrons. The average Bonchev–Trinajstić information content (AvgIpc) is 2.00. The van der Waals surface area contributed by atoms with E-state index in [1.807, 2.05) is 0 Å². The first-order chi connectivity index (χ1) is 6.66. The van der Waals surface area contributed by atoms with Crippen LogP contribution in [0.5, 0.6) is 0 Å². The predicted molar refractivity (Wildman–Crippen MR) is 48.5 cm³/mol. The highest BCUT2D eigenvalue weighted by Gasteiger charge is 2.53. The van der Waals surface area contributed by atoms with E-state index in [0.717, 1.165) is 6.42 Å². The van der Waals surface area contributed by atoms with Gasteiger partial charge in [0, 0.05) is 0 Å². The van der Waals surface area contributed by atoms with E-state index < -0.39 is 25.3 Å². The molecule has 0 saturated heterocycles. The van der Waals surface area contributed by atoms with Gasteiger partial charge >= 0.3 is 13.8 Å². The highest BCUT2D eigenvalue weighted by molar-refractivity contribution is 7.53. The molecule has 0 aliphatic heterocycles. The highest BCUT2D eigenvalue weighted by Crippen LogP contribution is 2.61. The van der Waals surface area contributed by atoms with Crippen molar-refractivity contribution in [1.29, 1.82) is 0 Å². The monoisotopic (exact) mass is 246 g/mol. The normalized spacial score (nSPS) is 22.7. The van der Waals surface area contributed by atoms with Crippen molar-refractivity contribution in [2.45, 2.75) is 49.9 Å². The second-order valence-corrected chi connectivity index (χ2v) is 6.16. The molecule has 7 heteroatoms. The lowest BCUT2D eigenvalue weighted by Gasteiger charge is -2.37. The Morgan fingerprint density at radius 2 is 1.60 bits per heavy atom. The second kappa shape index (κ2) is 4.07. The zero-order valence-electron chi connectivity index (χ0n) is 8.13. The molecule has 1 saturated carbocycles. The van der Waals surface area contributed by atoms with Crippen LogP contribution in [0.1, 0.15) is 38.5 Å². The van der Waals surface area contributed by atoms with Gasteiger partial charge in [-0.2, -0.15) is 13.2 Å². The summed E-state index contributed by atoms with van der Waals surface area (Å²) in [6.45, 7) is 0. The summed E-state index contributed by atoms with van der Waals surface area (Å²) < 4.78 is 48.0. The molecule has 0 aromatic carbocycles. The van der Waals surface area contributed by atoms with E-state index in [4.69, 9.17) is 9.79 Å². The molecule has 0 amide bonds. The fourth-order valence-electron chi connectivity index (χ4n) is 2.15. The SMILES string of the molecule is O=P(O)(O)C1(CC(F)(F)F)CCCCC1. The van der Waals surface area contributed by atoms with Crippen LogP contribution in [0, 0.1) is 0 Å². The van der Waals surface area contributed by atoms with E-state index in [-0.39, 0.29) is 12.8 Å². The zero-order valence-corrected chi connectivity index (χ0v) is 9.02. The maximum absolute atomic E-state index is 12.3. The first-order valence-electron chi connectivity index (χ1n) is 4.79. The molecule has 1 fully saturated rings. The summed E-state index contributed by atoms with van der Waals surface area (Å²) in [5.74, 6) is 0. The topological polar surface area (TPSA) is 57.5 Å². The van der Waals surface area contributed by atoms with E-state index in [1.165, 1.54) is 0 Å². The molecular formula is C8H14F3O3P. The first-order valence-corrected chi connectivity index (χ1v) is 6.40. The molecule has 0 atom stereocenters. The Hall–Kier alpha value is -0.0600. The molecule has 0 aromatic heterocycles. The Balaban J connectivity index is 2.91. The maximum atomic E-state index is 12.3. The van der Waals surface area contributed by atoms with Crippen molar-refractivity contribution in [2.24, 2.45) is 0 Å². The van der Waals surface area contributed by atoms with E-state index in [1.54, 1.807) is 0 Å². The average molecular weight is 246 g/mol. The van der Waals surface area contributed by atoms with Crippen LogP contribution in [-0.4, -0.2) is 21.1 Å². The smallest absolute Gasteiger partial charge is 0.324 e. The van der Waals surface area contributed by atoms with Gasteiger partial charge in [-0.1, -0.05) is 19.3 Å². The third kappa shape index (κ3) is 3.20. The lowest BCUT2D eigenvalue weighted by molar-refractivity contribution is -0.144. The Kier molecular flexibility index (Phi) is 3.53. The van der Waals surface area contributed by atoms with Gasteiger partial charge in [-0.15, -0.1) is 0 Å². The minimum Gasteiger partial charge on any atom is -0.324 e. The molecule has 0 unspecified atom stereocenters. The minimum atomic E-state index is -4.69. The molecule has 0 radical (unpaired) electrons. The molecule has 1 rings (SSSR count). The molecule has 3 nitrogen and oxygen atoms in total. The van der Waals surface area contributed by atoms with Gasteiger partial charge in [0.1, 0.15) is 0 Å². The fraction of sp³-hybridized carbons (Fsp3) is 1.00. The molecule has 0 bridgehead atoms. The molecule has 0 heterocycles. The molecule has 0 spiro atoms. The van der Waals surface area contributed by atoms with Crippen molar-refractivity contribution >= 4 is 7.60 Å². The van der Waals surface area contributed by atoms with Gasteiger partial charge in [0.2, 0.25) is 0 Å². The highest BCUT2D eigenvalue weighted by atomic mass is 31.2. The van der Waals surface area contributed by atoms with Crippen molar-refractivity contribution < 1.29 is 27.5 Å². The number of halogens is 3. The minimum absolute atomic E-state index is 0.0310. The third-order valence-corrected chi connectivity index (χ3v) is 4.77. The molecule has 1 aliphatic carbocycles. The maximum Gasteiger partial charge on any atom is 0.390 e. The van der Waals surface area contributed by atoms with E-state index >= 15 is 0 Å². The molecule has 2 N–H and O–H groups in total. The number of hydrogen-bond donors (Lipinski definition) is 2. The van der Waals surface area contributed by atoms with Crippen LogP contribution in [-0.2, 0) is 4.57 Å². The summed E-state index contributed by atoms with van der Waals surface area (Å²) >= 11 is 0. The van der Waals surface area contributed by atoms with Crippen LogP contribution in [0.2, 0.25) is 0 Å². The predicted octanol–water partition coefficient (Wildman–Crippen LogP) is 2.82. The summed E-state index contributed by atoms with van der Waals surface area (Å²) in [5.41, 5.74) is 0. The molecule has 0 aromatic rings. The van der Waals surface area contributed by atoms with E-state index in [2.05, 4.69) is 0 Å².